The van der Waals surface area contributed by atoms with Crippen molar-refractivity contribution < 1.29 is 9.90 Å². The van der Waals surface area contributed by atoms with Crippen LogP contribution < -0.4 is 10.6 Å². The van der Waals surface area contributed by atoms with Crippen molar-refractivity contribution in [1.29, 1.82) is 0 Å². The topological polar surface area (TPSA) is 79.2 Å². The first kappa shape index (κ1) is 24.1. The Hall–Kier alpha value is -2.19. The summed E-state index contributed by atoms with van der Waals surface area (Å²) < 4.78 is 1.81. The molecule has 0 bridgehead atoms. The van der Waals surface area contributed by atoms with Gasteiger partial charge < -0.3 is 20.3 Å². The minimum Gasteiger partial charge on any atom is -0.392 e. The first-order chi connectivity index (χ1) is 14.4. The molecular formula is C23H32N4O2S. The van der Waals surface area contributed by atoms with Gasteiger partial charge >= 0.3 is 0 Å². The number of benzene rings is 1. The van der Waals surface area contributed by atoms with Crippen LogP contribution in [0.15, 0.2) is 47.5 Å². The summed E-state index contributed by atoms with van der Waals surface area (Å²) in [6.07, 6.45) is 3.48. The Bertz CT molecular complexity index is 944. The van der Waals surface area contributed by atoms with Gasteiger partial charge in [0.15, 0.2) is 6.29 Å². The minimum absolute atomic E-state index is 0.0880. The Morgan fingerprint density at radius 3 is 2.60 bits per heavy atom. The van der Waals surface area contributed by atoms with Gasteiger partial charge in [0.05, 0.1) is 17.3 Å². The number of pyridine rings is 1. The number of carbonyl (C=O) groups excluding carboxylic acids is 1. The van der Waals surface area contributed by atoms with Crippen molar-refractivity contribution in [2.75, 3.05) is 13.6 Å². The van der Waals surface area contributed by atoms with Gasteiger partial charge in [0.1, 0.15) is 0 Å². The molecule has 1 saturated heterocycles. The highest BCUT2D eigenvalue weighted by Crippen LogP contribution is 2.16. The smallest absolute Gasteiger partial charge is 0.166 e. The van der Waals surface area contributed by atoms with Crippen LogP contribution in [0, 0.1) is 6.92 Å². The number of thiol groups is 1. The third kappa shape index (κ3) is 6.67. The molecule has 2 aromatic heterocycles. The number of carbonyl (C=O) groups is 1. The standard InChI is InChI=1S/C11H12N2.C7H9NOS.C5H11NO/c1-12-8-9-4-2-6-11-10(9)5-3-7-13-11;1-5-7(10)3-6(4-9)8(5)2;1-4-2-5(7)3-6-4/h2-7,12H,8H2,1H3;3-4,10H,1-2H3;4-7H,2-3H2,1H3. The van der Waals surface area contributed by atoms with Gasteiger partial charge in [-0.1, -0.05) is 18.2 Å². The molecule has 30 heavy (non-hydrogen) atoms. The zero-order valence-corrected chi connectivity index (χ0v) is 19.0. The Labute approximate surface area is 184 Å². The van der Waals surface area contributed by atoms with E-state index >= 15 is 0 Å². The second-order valence-corrected chi connectivity index (χ2v) is 7.91. The lowest BCUT2D eigenvalue weighted by Crippen LogP contribution is -2.17. The molecule has 0 radical (unpaired) electrons. The SMILES string of the molecule is CC1CC(O)CN1.CNCc1cccc2ncccc12.Cc1c(S)cc(C=O)n1C. The monoisotopic (exact) mass is 428 g/mol. The van der Waals surface area contributed by atoms with E-state index in [0.29, 0.717) is 11.7 Å². The van der Waals surface area contributed by atoms with Crippen molar-refractivity contribution in [1.82, 2.24) is 20.2 Å². The average molecular weight is 429 g/mol. The summed E-state index contributed by atoms with van der Waals surface area (Å²) in [5.41, 5.74) is 4.05. The quantitative estimate of drug-likeness (QED) is 0.381. The summed E-state index contributed by atoms with van der Waals surface area (Å²) in [5.74, 6) is 0. The fraction of sp³-hybridized carbons (Fsp3) is 0.391. The molecule has 3 N–H and O–H groups in total. The number of hydrogen-bond acceptors (Lipinski definition) is 6. The van der Waals surface area contributed by atoms with Crippen molar-refractivity contribution in [2.24, 2.45) is 7.05 Å². The molecule has 0 saturated carbocycles. The molecule has 4 rings (SSSR count). The third-order valence-electron chi connectivity index (χ3n) is 5.10. The lowest BCUT2D eigenvalue weighted by molar-refractivity contribution is 0.111. The Balaban J connectivity index is 0.000000168. The third-order valence-corrected chi connectivity index (χ3v) is 5.55. The highest BCUT2D eigenvalue weighted by molar-refractivity contribution is 7.80. The Morgan fingerprint density at radius 2 is 2.13 bits per heavy atom. The number of aliphatic hydroxyl groups excluding tert-OH is 1. The molecule has 162 valence electrons. The average Bonchev–Trinajstić information content (AvgIpc) is 3.25. The fourth-order valence-corrected chi connectivity index (χ4v) is 3.53. The van der Waals surface area contributed by atoms with Crippen LogP contribution in [0.4, 0.5) is 0 Å². The minimum atomic E-state index is -0.0880. The molecule has 7 heteroatoms. The van der Waals surface area contributed by atoms with Crippen LogP contribution in [0.3, 0.4) is 0 Å². The van der Waals surface area contributed by atoms with E-state index in [9.17, 15) is 4.79 Å². The molecule has 1 aliphatic heterocycles. The van der Waals surface area contributed by atoms with E-state index in [1.807, 2.05) is 50.0 Å². The lowest BCUT2D eigenvalue weighted by Gasteiger charge is -2.03. The van der Waals surface area contributed by atoms with Gasteiger partial charge in [0, 0.05) is 48.4 Å². The van der Waals surface area contributed by atoms with Crippen molar-refractivity contribution in [3.05, 3.63) is 59.5 Å². The number of β-amino-alcohol motifs (C(OH)–C–C–N with tert-alkyl or cyclic N) is 1. The van der Waals surface area contributed by atoms with Crippen molar-refractivity contribution >= 4 is 29.8 Å². The van der Waals surface area contributed by atoms with E-state index in [4.69, 9.17) is 5.11 Å². The number of hydrogen-bond donors (Lipinski definition) is 4. The summed E-state index contributed by atoms with van der Waals surface area (Å²) in [6, 6.07) is 12.6. The van der Waals surface area contributed by atoms with E-state index < -0.39 is 0 Å². The molecule has 0 aliphatic carbocycles. The van der Waals surface area contributed by atoms with Gasteiger partial charge in [-0.3, -0.25) is 9.78 Å². The first-order valence-electron chi connectivity index (χ1n) is 10.1. The van der Waals surface area contributed by atoms with Crippen LogP contribution in [0.25, 0.3) is 10.9 Å². The highest BCUT2D eigenvalue weighted by Gasteiger charge is 2.16. The van der Waals surface area contributed by atoms with Crippen LogP contribution in [0.5, 0.6) is 0 Å². The number of rotatable bonds is 3. The van der Waals surface area contributed by atoms with Crippen molar-refractivity contribution in [3.63, 3.8) is 0 Å². The molecule has 1 fully saturated rings. The zero-order valence-electron chi connectivity index (χ0n) is 18.1. The van der Waals surface area contributed by atoms with Crippen LogP contribution >= 0.6 is 12.6 Å². The summed E-state index contributed by atoms with van der Waals surface area (Å²) in [4.78, 5) is 15.5. The molecule has 2 unspecified atom stereocenters. The van der Waals surface area contributed by atoms with Gasteiger partial charge in [-0.25, -0.2) is 0 Å². The number of nitrogens with one attached hydrogen (secondary N) is 2. The number of fused-ring (bicyclic) bond motifs is 1. The molecule has 3 aromatic rings. The lowest BCUT2D eigenvalue weighted by atomic mass is 10.1. The van der Waals surface area contributed by atoms with Crippen LogP contribution in [0.2, 0.25) is 0 Å². The summed E-state index contributed by atoms with van der Waals surface area (Å²) in [6.45, 7) is 5.68. The highest BCUT2D eigenvalue weighted by atomic mass is 32.1. The van der Waals surface area contributed by atoms with Crippen LogP contribution in [0.1, 0.15) is 35.1 Å². The van der Waals surface area contributed by atoms with Gasteiger partial charge in [0.2, 0.25) is 0 Å². The maximum atomic E-state index is 10.3. The maximum Gasteiger partial charge on any atom is 0.166 e. The summed E-state index contributed by atoms with van der Waals surface area (Å²) in [7, 11) is 3.80. The summed E-state index contributed by atoms with van der Waals surface area (Å²) >= 11 is 4.16. The van der Waals surface area contributed by atoms with Gasteiger partial charge in [0.25, 0.3) is 0 Å². The van der Waals surface area contributed by atoms with Crippen LogP contribution in [-0.2, 0) is 13.6 Å². The van der Waals surface area contributed by atoms with Crippen molar-refractivity contribution in [3.8, 4) is 0 Å². The first-order valence-corrected chi connectivity index (χ1v) is 10.5. The normalized spacial score (nSPS) is 17.7. The Kier molecular flexibility index (Phi) is 9.52. The Morgan fingerprint density at radius 1 is 1.37 bits per heavy atom. The van der Waals surface area contributed by atoms with Gasteiger partial charge in [-0.05, 0) is 51.1 Å². The second kappa shape index (κ2) is 11.9. The number of aromatic nitrogens is 2. The van der Waals surface area contributed by atoms with E-state index in [2.05, 4.69) is 47.3 Å². The van der Waals surface area contributed by atoms with Crippen LogP contribution in [-0.4, -0.2) is 46.7 Å². The molecule has 1 aromatic carbocycles. The molecular weight excluding hydrogens is 396 g/mol. The molecule has 2 atom stereocenters. The van der Waals surface area contributed by atoms with Gasteiger partial charge in [-0.15, -0.1) is 12.6 Å². The van der Waals surface area contributed by atoms with E-state index in [1.54, 1.807) is 6.07 Å². The molecule has 0 amide bonds. The number of aldehydes is 1. The van der Waals surface area contributed by atoms with E-state index in [0.717, 1.165) is 41.9 Å². The maximum absolute atomic E-state index is 10.3. The zero-order chi connectivity index (χ0) is 22.1. The molecule has 3 heterocycles. The van der Waals surface area contributed by atoms with E-state index in [1.165, 1.54) is 10.9 Å². The van der Waals surface area contributed by atoms with E-state index in [-0.39, 0.29) is 6.10 Å². The molecule has 1 aliphatic rings. The fourth-order valence-electron chi connectivity index (χ4n) is 3.24. The predicted molar refractivity (Wildman–Crippen MR) is 125 cm³/mol. The predicted octanol–water partition coefficient (Wildman–Crippen LogP) is 3.12. The molecule has 0 spiro atoms. The van der Waals surface area contributed by atoms with Gasteiger partial charge in [-0.2, -0.15) is 0 Å². The second-order valence-electron chi connectivity index (χ2n) is 7.43. The van der Waals surface area contributed by atoms with Crippen molar-refractivity contribution in [2.45, 2.75) is 43.9 Å². The summed E-state index contributed by atoms with van der Waals surface area (Å²) in [5, 5.41) is 16.3. The number of aliphatic hydroxyl groups is 1. The largest absolute Gasteiger partial charge is 0.392 e. The molecule has 6 nitrogen and oxygen atoms in total. The number of nitrogens with zero attached hydrogens (tertiary/aromatic N) is 2.